The highest BCUT2D eigenvalue weighted by molar-refractivity contribution is 6.58. The molecule has 0 saturated heterocycles. The summed E-state index contributed by atoms with van der Waals surface area (Å²) in [5.41, 5.74) is 0.175. The zero-order chi connectivity index (χ0) is 30.8. The molecule has 0 aromatic heterocycles. The molecule has 10 nitrogen and oxygen atoms in total. The number of rotatable bonds is 9. The van der Waals surface area contributed by atoms with Crippen molar-refractivity contribution in [2.45, 2.75) is 78.4 Å². The van der Waals surface area contributed by atoms with Crippen molar-refractivity contribution in [2.75, 3.05) is 6.54 Å². The summed E-state index contributed by atoms with van der Waals surface area (Å²) in [4.78, 5) is 44.2. The molecule has 11 heteroatoms. The molecule has 0 aliphatic carbocycles. The first-order valence-corrected chi connectivity index (χ1v) is 12.9. The Morgan fingerprint density at radius 3 is 1.68 bits per heavy atom. The summed E-state index contributed by atoms with van der Waals surface area (Å²) < 4.78 is 10.1. The fraction of sp³-hybridized carbons (Fsp3) is 0.448. The SMILES string of the molecule is CC(C)(C)OC(=O)CCCC(=O)O.CC(C)(C)OC(=O)NCCC(=O)c1ccccc1.OB(O)c1ccccc1. The van der Waals surface area contributed by atoms with E-state index < -0.39 is 30.4 Å². The van der Waals surface area contributed by atoms with Gasteiger partial charge in [0, 0.05) is 31.4 Å². The van der Waals surface area contributed by atoms with Gasteiger partial charge in [-0.2, -0.15) is 0 Å². The molecule has 0 atom stereocenters. The van der Waals surface area contributed by atoms with E-state index in [1.165, 1.54) is 0 Å². The molecule has 40 heavy (non-hydrogen) atoms. The number of alkyl carbamates (subject to hydrolysis) is 1. The number of benzene rings is 2. The van der Waals surface area contributed by atoms with E-state index >= 15 is 0 Å². The molecule has 220 valence electrons. The fourth-order valence-electron chi connectivity index (χ4n) is 2.76. The van der Waals surface area contributed by atoms with Gasteiger partial charge in [-0.25, -0.2) is 4.79 Å². The van der Waals surface area contributed by atoms with Crippen LogP contribution in [-0.2, 0) is 19.1 Å². The topological polar surface area (TPSA) is 159 Å². The smallest absolute Gasteiger partial charge is 0.481 e. The molecular weight excluding hydrogens is 517 g/mol. The van der Waals surface area contributed by atoms with Gasteiger partial charge in [0.05, 0.1) is 0 Å². The van der Waals surface area contributed by atoms with E-state index in [1.807, 2.05) is 24.3 Å². The molecule has 2 aromatic rings. The van der Waals surface area contributed by atoms with Gasteiger partial charge < -0.3 is 29.9 Å². The summed E-state index contributed by atoms with van der Waals surface area (Å²) in [5.74, 6) is -1.22. The number of carbonyl (C=O) groups is 4. The van der Waals surface area contributed by atoms with E-state index in [9.17, 15) is 19.2 Å². The fourth-order valence-corrected chi connectivity index (χ4v) is 2.76. The standard InChI is InChI=1S/C14H19NO3.C9H16O4.C6H7BO2/c1-14(2,3)18-13(17)15-10-9-12(16)11-7-5-4-6-8-11;1-9(2,3)13-8(12)6-4-5-7(10)11;8-7(9)6-4-2-1-3-5-6/h4-8H,9-10H2,1-3H3,(H,15,17);4-6H2,1-3H3,(H,10,11);1-5,8-9H. The summed E-state index contributed by atoms with van der Waals surface area (Å²) in [5, 5.41) is 28.0. The Bertz CT molecular complexity index is 1030. The number of ether oxygens (including phenoxy) is 2. The zero-order valence-corrected chi connectivity index (χ0v) is 24.2. The Morgan fingerprint density at radius 2 is 1.25 bits per heavy atom. The van der Waals surface area contributed by atoms with Crippen LogP contribution in [-0.4, -0.2) is 63.8 Å². The van der Waals surface area contributed by atoms with Crippen LogP contribution in [0.4, 0.5) is 4.79 Å². The van der Waals surface area contributed by atoms with Crippen molar-refractivity contribution in [3.63, 3.8) is 0 Å². The maximum absolute atomic E-state index is 11.7. The van der Waals surface area contributed by atoms with Gasteiger partial charge >= 0.3 is 25.2 Å². The van der Waals surface area contributed by atoms with Crippen LogP contribution in [0.2, 0.25) is 0 Å². The first kappa shape index (κ1) is 36.3. The predicted molar refractivity (Wildman–Crippen MR) is 153 cm³/mol. The van der Waals surface area contributed by atoms with E-state index in [4.69, 9.17) is 24.6 Å². The number of carboxylic acid groups (broad SMARTS) is 1. The van der Waals surface area contributed by atoms with Crippen molar-refractivity contribution in [1.82, 2.24) is 5.32 Å². The second-order valence-electron chi connectivity index (χ2n) is 10.6. The number of hydrogen-bond acceptors (Lipinski definition) is 8. The summed E-state index contributed by atoms with van der Waals surface area (Å²) in [6.45, 7) is 11.0. The van der Waals surface area contributed by atoms with Crippen molar-refractivity contribution in [3.8, 4) is 0 Å². The third-order valence-corrected chi connectivity index (χ3v) is 4.41. The van der Waals surface area contributed by atoms with Crippen LogP contribution in [0.1, 0.15) is 77.6 Å². The average Bonchev–Trinajstić information content (AvgIpc) is 2.83. The first-order chi connectivity index (χ1) is 18.5. The second kappa shape index (κ2) is 18.6. The maximum atomic E-state index is 11.7. The van der Waals surface area contributed by atoms with E-state index in [2.05, 4.69) is 5.32 Å². The van der Waals surface area contributed by atoms with Crippen molar-refractivity contribution in [1.29, 1.82) is 0 Å². The summed E-state index contributed by atoms with van der Waals surface area (Å²) >= 11 is 0. The molecule has 4 N–H and O–H groups in total. The zero-order valence-electron chi connectivity index (χ0n) is 24.2. The lowest BCUT2D eigenvalue weighted by molar-refractivity contribution is -0.155. The van der Waals surface area contributed by atoms with E-state index in [0.717, 1.165) is 0 Å². The lowest BCUT2D eigenvalue weighted by Gasteiger charge is -2.19. The Labute approximate surface area is 236 Å². The van der Waals surface area contributed by atoms with Crippen molar-refractivity contribution in [2.24, 2.45) is 0 Å². The molecule has 2 aromatic carbocycles. The van der Waals surface area contributed by atoms with Crippen molar-refractivity contribution < 1.29 is 43.8 Å². The molecule has 0 saturated carbocycles. The van der Waals surface area contributed by atoms with E-state index in [-0.39, 0.29) is 37.6 Å². The molecule has 0 radical (unpaired) electrons. The van der Waals surface area contributed by atoms with Crippen LogP contribution in [0.5, 0.6) is 0 Å². The lowest BCUT2D eigenvalue weighted by Crippen LogP contribution is -2.33. The van der Waals surface area contributed by atoms with Crippen LogP contribution in [0, 0.1) is 0 Å². The minimum Gasteiger partial charge on any atom is -0.481 e. The van der Waals surface area contributed by atoms with E-state index in [1.54, 1.807) is 77.9 Å². The molecule has 0 bridgehead atoms. The van der Waals surface area contributed by atoms with Crippen LogP contribution < -0.4 is 10.8 Å². The highest BCUT2D eigenvalue weighted by Crippen LogP contribution is 2.10. The third kappa shape index (κ3) is 21.3. The predicted octanol–water partition coefficient (Wildman–Crippen LogP) is 3.73. The van der Waals surface area contributed by atoms with Gasteiger partial charge in [-0.15, -0.1) is 0 Å². The summed E-state index contributed by atoms with van der Waals surface area (Å²) in [6, 6.07) is 17.7. The van der Waals surface area contributed by atoms with Crippen LogP contribution in [0.15, 0.2) is 60.7 Å². The minimum absolute atomic E-state index is 0.00617. The van der Waals surface area contributed by atoms with Gasteiger partial charge in [0.2, 0.25) is 0 Å². The number of carbonyl (C=O) groups excluding carboxylic acids is 3. The third-order valence-electron chi connectivity index (χ3n) is 4.41. The molecule has 0 fully saturated rings. The summed E-state index contributed by atoms with van der Waals surface area (Å²) in [6.07, 6.45) is 0.291. The van der Waals surface area contributed by atoms with Crippen LogP contribution in [0.3, 0.4) is 0 Å². The van der Waals surface area contributed by atoms with Gasteiger partial charge in [0.25, 0.3) is 0 Å². The van der Waals surface area contributed by atoms with Gasteiger partial charge in [-0.3, -0.25) is 14.4 Å². The van der Waals surface area contributed by atoms with Gasteiger partial charge in [-0.05, 0) is 53.4 Å². The number of nitrogens with one attached hydrogen (secondary N) is 1. The molecule has 0 aliphatic rings. The van der Waals surface area contributed by atoms with Crippen LogP contribution in [0.25, 0.3) is 0 Å². The van der Waals surface area contributed by atoms with Crippen molar-refractivity contribution >= 4 is 36.4 Å². The van der Waals surface area contributed by atoms with Gasteiger partial charge in [-0.1, -0.05) is 60.7 Å². The molecule has 0 heterocycles. The average molecular weight is 559 g/mol. The second-order valence-corrected chi connectivity index (χ2v) is 10.6. The number of ketones is 1. The number of amides is 1. The Kier molecular flexibility index (Phi) is 16.9. The number of esters is 1. The normalized spacial score (nSPS) is 10.5. The Hall–Kier alpha value is -3.70. The molecular formula is C29H42BNO9. The highest BCUT2D eigenvalue weighted by Gasteiger charge is 2.17. The van der Waals surface area contributed by atoms with Gasteiger partial charge in [0.1, 0.15) is 11.2 Å². The quantitative estimate of drug-likeness (QED) is 0.204. The van der Waals surface area contributed by atoms with E-state index in [0.29, 0.717) is 17.4 Å². The monoisotopic (exact) mass is 559 g/mol. The first-order valence-electron chi connectivity index (χ1n) is 12.9. The largest absolute Gasteiger partial charge is 0.488 e. The molecule has 0 unspecified atom stereocenters. The maximum Gasteiger partial charge on any atom is 0.488 e. The minimum atomic E-state index is -1.34. The van der Waals surface area contributed by atoms with Crippen LogP contribution >= 0.6 is 0 Å². The summed E-state index contributed by atoms with van der Waals surface area (Å²) in [7, 11) is -1.34. The Morgan fingerprint density at radius 1 is 0.750 bits per heavy atom. The molecule has 1 amide bonds. The van der Waals surface area contributed by atoms with Crippen molar-refractivity contribution in [3.05, 3.63) is 66.2 Å². The number of hydrogen-bond donors (Lipinski definition) is 4. The number of Topliss-reactive ketones (excluding diaryl/α,β-unsaturated/α-hetero) is 1. The molecule has 2 rings (SSSR count). The highest BCUT2D eigenvalue weighted by atomic mass is 16.6. The lowest BCUT2D eigenvalue weighted by atomic mass is 9.81. The molecule has 0 spiro atoms. The Balaban J connectivity index is 0.000000606. The molecule has 0 aliphatic heterocycles. The number of carboxylic acids is 1. The number of aliphatic carboxylic acids is 1. The van der Waals surface area contributed by atoms with Gasteiger partial charge in [0.15, 0.2) is 5.78 Å².